The van der Waals surface area contributed by atoms with Crippen molar-refractivity contribution in [2.45, 2.75) is 45.6 Å². The van der Waals surface area contributed by atoms with Crippen LogP contribution in [0.25, 0.3) is 0 Å². The van der Waals surface area contributed by atoms with E-state index in [0.29, 0.717) is 18.7 Å². The van der Waals surface area contributed by atoms with Crippen molar-refractivity contribution in [2.24, 2.45) is 0 Å². The molecule has 150 valence electrons. The van der Waals surface area contributed by atoms with Crippen molar-refractivity contribution in [3.05, 3.63) is 65.2 Å². The molecule has 3 rings (SSSR count). The summed E-state index contributed by atoms with van der Waals surface area (Å²) < 4.78 is 5.73. The molecule has 4 heteroatoms. The van der Waals surface area contributed by atoms with E-state index in [1.807, 2.05) is 24.3 Å². The van der Waals surface area contributed by atoms with Gasteiger partial charge >= 0.3 is 0 Å². The summed E-state index contributed by atoms with van der Waals surface area (Å²) in [4.78, 5) is 14.7. The lowest BCUT2D eigenvalue weighted by atomic mass is 9.87. The van der Waals surface area contributed by atoms with Crippen LogP contribution in [0, 0.1) is 0 Å². The van der Waals surface area contributed by atoms with Crippen molar-refractivity contribution < 1.29 is 9.53 Å². The number of hydrogen-bond acceptors (Lipinski definition) is 3. The highest BCUT2D eigenvalue weighted by Crippen LogP contribution is 2.24. The summed E-state index contributed by atoms with van der Waals surface area (Å²) >= 11 is 0. The van der Waals surface area contributed by atoms with Crippen molar-refractivity contribution in [3.63, 3.8) is 0 Å². The summed E-state index contributed by atoms with van der Waals surface area (Å²) in [5.74, 6) is 0.771. The lowest BCUT2D eigenvalue weighted by molar-refractivity contribution is 0.0947. The summed E-state index contributed by atoms with van der Waals surface area (Å²) in [6.07, 6.45) is 2.59. The molecular formula is C24H32N2O2. The molecule has 1 aliphatic heterocycles. The van der Waals surface area contributed by atoms with Gasteiger partial charge in [-0.15, -0.1) is 0 Å². The fourth-order valence-corrected chi connectivity index (χ4v) is 3.45. The van der Waals surface area contributed by atoms with Gasteiger partial charge in [0.2, 0.25) is 0 Å². The van der Waals surface area contributed by atoms with Crippen LogP contribution < -0.4 is 10.1 Å². The second-order valence-corrected chi connectivity index (χ2v) is 8.56. The largest absolute Gasteiger partial charge is 0.492 e. The summed E-state index contributed by atoms with van der Waals surface area (Å²) in [5, 5.41) is 2.92. The number of carbonyl (C=O) groups is 1. The minimum Gasteiger partial charge on any atom is -0.492 e. The van der Waals surface area contributed by atoms with Crippen molar-refractivity contribution in [3.8, 4) is 5.75 Å². The number of hydrogen-bond donors (Lipinski definition) is 1. The van der Waals surface area contributed by atoms with Crippen LogP contribution in [0.1, 0.15) is 55.1 Å². The first-order valence-corrected chi connectivity index (χ1v) is 10.2. The average Bonchev–Trinajstić information content (AvgIpc) is 3.18. The number of carbonyl (C=O) groups excluding carboxylic acids is 1. The van der Waals surface area contributed by atoms with Gasteiger partial charge in [-0.05, 0) is 66.7 Å². The molecule has 28 heavy (non-hydrogen) atoms. The number of likely N-dealkylation sites (tertiary alicyclic amines) is 1. The van der Waals surface area contributed by atoms with Crippen LogP contribution in [-0.2, 0) is 12.0 Å². The minimum atomic E-state index is -0.0561. The molecule has 4 nitrogen and oxygen atoms in total. The van der Waals surface area contributed by atoms with E-state index in [1.54, 1.807) is 0 Å². The molecule has 1 fully saturated rings. The lowest BCUT2D eigenvalue weighted by Gasteiger charge is -2.19. The zero-order valence-electron chi connectivity index (χ0n) is 17.3. The molecule has 2 aromatic carbocycles. The fourth-order valence-electron chi connectivity index (χ4n) is 3.45. The first-order valence-electron chi connectivity index (χ1n) is 10.2. The van der Waals surface area contributed by atoms with Gasteiger partial charge in [-0.2, -0.15) is 0 Å². The zero-order chi connectivity index (χ0) is 20.0. The highest BCUT2D eigenvalue weighted by Gasteiger charge is 2.13. The Hall–Kier alpha value is -2.33. The number of ether oxygens (including phenoxy) is 1. The van der Waals surface area contributed by atoms with E-state index >= 15 is 0 Å². The molecule has 2 aromatic rings. The SMILES string of the molecule is CC(C)(C)c1ccc(OCCNC(=O)c2ccc(CN3CCCC3)cc2)cc1. The van der Waals surface area contributed by atoms with Crippen molar-refractivity contribution >= 4 is 5.91 Å². The standard InChI is InChI=1S/C24H32N2O2/c1-24(2,3)21-10-12-22(13-11-21)28-17-14-25-23(27)20-8-6-19(7-9-20)18-26-15-4-5-16-26/h6-13H,4-5,14-18H2,1-3H3,(H,25,27). The molecule has 1 aliphatic rings. The normalized spacial score (nSPS) is 14.8. The average molecular weight is 381 g/mol. The maximum absolute atomic E-state index is 12.3. The molecule has 1 amide bonds. The predicted molar refractivity (Wildman–Crippen MR) is 114 cm³/mol. The topological polar surface area (TPSA) is 41.6 Å². The van der Waals surface area contributed by atoms with Gasteiger partial charge < -0.3 is 10.1 Å². The number of nitrogens with one attached hydrogen (secondary N) is 1. The zero-order valence-corrected chi connectivity index (χ0v) is 17.3. The first kappa shape index (κ1) is 20.4. The molecule has 1 N–H and O–H groups in total. The summed E-state index contributed by atoms with van der Waals surface area (Å²) in [6.45, 7) is 10.8. The Morgan fingerprint density at radius 3 is 2.25 bits per heavy atom. The molecule has 0 bridgehead atoms. The second kappa shape index (κ2) is 9.24. The third-order valence-electron chi connectivity index (χ3n) is 5.20. The van der Waals surface area contributed by atoms with Gasteiger partial charge in [0, 0.05) is 12.1 Å². The highest BCUT2D eigenvalue weighted by molar-refractivity contribution is 5.94. The van der Waals surface area contributed by atoms with E-state index in [-0.39, 0.29) is 11.3 Å². The van der Waals surface area contributed by atoms with Crippen LogP contribution in [0.5, 0.6) is 5.75 Å². The van der Waals surface area contributed by atoms with Crippen molar-refractivity contribution in [1.82, 2.24) is 10.2 Å². The smallest absolute Gasteiger partial charge is 0.251 e. The van der Waals surface area contributed by atoms with Gasteiger partial charge in [0.15, 0.2) is 0 Å². The Kier molecular flexibility index (Phi) is 6.74. The van der Waals surface area contributed by atoms with Crippen LogP contribution in [0.4, 0.5) is 0 Å². The predicted octanol–water partition coefficient (Wildman–Crippen LogP) is 4.39. The number of rotatable bonds is 7. The molecule has 0 atom stereocenters. The van der Waals surface area contributed by atoms with E-state index < -0.39 is 0 Å². The van der Waals surface area contributed by atoms with E-state index in [1.165, 1.54) is 37.1 Å². The Labute approximate surface area is 168 Å². The number of nitrogens with zero attached hydrogens (tertiary/aromatic N) is 1. The highest BCUT2D eigenvalue weighted by atomic mass is 16.5. The summed E-state index contributed by atoms with van der Waals surface area (Å²) in [7, 11) is 0. The maximum atomic E-state index is 12.3. The van der Waals surface area contributed by atoms with E-state index in [9.17, 15) is 4.79 Å². The third kappa shape index (κ3) is 5.83. The number of amides is 1. The first-order chi connectivity index (χ1) is 13.4. The molecule has 0 aliphatic carbocycles. The van der Waals surface area contributed by atoms with Gasteiger partial charge in [-0.1, -0.05) is 45.0 Å². The minimum absolute atomic E-state index is 0.0561. The molecule has 1 saturated heterocycles. The van der Waals surface area contributed by atoms with Gasteiger partial charge in [0.05, 0.1) is 6.54 Å². The van der Waals surface area contributed by atoms with Gasteiger partial charge in [-0.25, -0.2) is 0 Å². The molecule has 0 saturated carbocycles. The Morgan fingerprint density at radius 2 is 1.64 bits per heavy atom. The molecule has 0 spiro atoms. The maximum Gasteiger partial charge on any atom is 0.251 e. The van der Waals surface area contributed by atoms with Crippen molar-refractivity contribution in [2.75, 3.05) is 26.2 Å². The molecule has 0 aromatic heterocycles. The molecule has 0 radical (unpaired) electrons. The Balaban J connectivity index is 1.40. The van der Waals surface area contributed by atoms with E-state index in [4.69, 9.17) is 4.74 Å². The molecular weight excluding hydrogens is 348 g/mol. The van der Waals surface area contributed by atoms with E-state index in [0.717, 1.165) is 12.3 Å². The van der Waals surface area contributed by atoms with E-state index in [2.05, 4.69) is 55.3 Å². The lowest BCUT2D eigenvalue weighted by Crippen LogP contribution is -2.28. The van der Waals surface area contributed by atoms with Crippen molar-refractivity contribution in [1.29, 1.82) is 0 Å². The summed E-state index contributed by atoms with van der Waals surface area (Å²) in [6, 6.07) is 16.1. The van der Waals surface area contributed by atoms with Crippen LogP contribution >= 0.6 is 0 Å². The Morgan fingerprint density at radius 1 is 1.00 bits per heavy atom. The van der Waals surface area contributed by atoms with Crippen LogP contribution in [-0.4, -0.2) is 37.0 Å². The quantitative estimate of drug-likeness (QED) is 0.725. The van der Waals surface area contributed by atoms with Gasteiger partial charge in [0.1, 0.15) is 12.4 Å². The number of benzene rings is 2. The molecule has 1 heterocycles. The summed E-state index contributed by atoms with van der Waals surface area (Å²) in [5.41, 5.74) is 3.37. The van der Waals surface area contributed by atoms with Crippen LogP contribution in [0.3, 0.4) is 0 Å². The fraction of sp³-hybridized carbons (Fsp3) is 0.458. The van der Waals surface area contributed by atoms with Gasteiger partial charge in [0.25, 0.3) is 5.91 Å². The Bertz CT molecular complexity index is 755. The van der Waals surface area contributed by atoms with Gasteiger partial charge in [-0.3, -0.25) is 9.69 Å². The third-order valence-corrected chi connectivity index (χ3v) is 5.20. The monoisotopic (exact) mass is 380 g/mol. The molecule has 0 unspecified atom stereocenters. The van der Waals surface area contributed by atoms with Crippen LogP contribution in [0.15, 0.2) is 48.5 Å². The second-order valence-electron chi connectivity index (χ2n) is 8.56. The van der Waals surface area contributed by atoms with Crippen LogP contribution in [0.2, 0.25) is 0 Å².